The van der Waals surface area contributed by atoms with Crippen molar-refractivity contribution in [3.63, 3.8) is 0 Å². The summed E-state index contributed by atoms with van der Waals surface area (Å²) in [4.78, 5) is 66.2. The van der Waals surface area contributed by atoms with Crippen LogP contribution >= 0.6 is 0 Å². The van der Waals surface area contributed by atoms with Gasteiger partial charge in [-0.25, -0.2) is 15.0 Å². The summed E-state index contributed by atoms with van der Waals surface area (Å²) in [5.41, 5.74) is 4.01. The molecule has 0 radical (unpaired) electrons. The Hall–Kier alpha value is -6.21. The number of hydrogen-bond acceptors (Lipinski definition) is 7. The topological polar surface area (TPSA) is 127 Å². The molecule has 13 nitrogen and oxygen atoms in total. The Balaban J connectivity index is 1.21. The Kier molecular flexibility index (Phi) is 11.1. The second-order valence-corrected chi connectivity index (χ2v) is 14.6. The molecule has 0 bridgehead atoms. The summed E-state index contributed by atoms with van der Waals surface area (Å²) in [6, 6.07) is 21.3. The minimum atomic E-state index is -0.904. The number of hydrogen-bond donors (Lipinski definition) is 1. The molecule has 56 heavy (non-hydrogen) atoms. The van der Waals surface area contributed by atoms with Crippen LogP contribution in [0.2, 0.25) is 0 Å². The SMILES string of the molecule is C=CCN1CC(=O)N2[C@@H](Cc3ccc(O)cc3)C(=O)N(Cc3cccc4c(C(=O)N(C)CCn5ccnc5C)cn(C)c34)C[C@@H]2N1C(=O)CCc1ccccc1. The molecule has 2 aliphatic rings. The molecule has 13 heteroatoms. The molecule has 0 spiro atoms. The molecule has 2 fully saturated rings. The highest BCUT2D eigenvalue weighted by atomic mass is 16.3. The third-order valence-electron chi connectivity index (χ3n) is 10.9. The van der Waals surface area contributed by atoms with Crippen molar-refractivity contribution < 1.29 is 24.3 Å². The minimum absolute atomic E-state index is 0.0746. The van der Waals surface area contributed by atoms with E-state index in [1.807, 2.05) is 84.0 Å². The Morgan fingerprint density at radius 2 is 1.79 bits per heavy atom. The molecule has 2 aromatic heterocycles. The van der Waals surface area contributed by atoms with Crippen LogP contribution in [0.15, 0.2) is 104 Å². The zero-order valence-corrected chi connectivity index (χ0v) is 32.1. The lowest BCUT2D eigenvalue weighted by Crippen LogP contribution is -2.75. The van der Waals surface area contributed by atoms with Gasteiger partial charge >= 0.3 is 0 Å². The average Bonchev–Trinajstić information content (AvgIpc) is 3.77. The summed E-state index contributed by atoms with van der Waals surface area (Å²) in [5, 5.41) is 14.2. The fourth-order valence-corrected chi connectivity index (χ4v) is 8.03. The Labute approximate surface area is 326 Å². The number of rotatable bonds is 13. The molecule has 1 N–H and O–H groups in total. The molecule has 2 saturated heterocycles. The summed E-state index contributed by atoms with van der Waals surface area (Å²) in [5.74, 6) is 0.217. The lowest BCUT2D eigenvalue weighted by molar-refractivity contribution is -0.205. The number of carbonyl (C=O) groups is 4. The number of amides is 4. The first-order valence-electron chi connectivity index (χ1n) is 18.9. The van der Waals surface area contributed by atoms with Gasteiger partial charge in [-0.3, -0.25) is 19.2 Å². The van der Waals surface area contributed by atoms with E-state index in [4.69, 9.17) is 0 Å². The molecule has 4 amide bonds. The minimum Gasteiger partial charge on any atom is -0.508 e. The zero-order chi connectivity index (χ0) is 39.5. The first-order valence-corrected chi connectivity index (χ1v) is 18.9. The van der Waals surface area contributed by atoms with Gasteiger partial charge in [-0.15, -0.1) is 6.58 Å². The molecule has 3 aromatic carbocycles. The summed E-state index contributed by atoms with van der Waals surface area (Å²) in [7, 11) is 3.68. The van der Waals surface area contributed by atoms with Gasteiger partial charge in [0.2, 0.25) is 17.7 Å². The van der Waals surface area contributed by atoms with E-state index in [-0.39, 0.29) is 68.4 Å². The molecule has 5 aromatic rings. The first kappa shape index (κ1) is 38.1. The van der Waals surface area contributed by atoms with Gasteiger partial charge in [0.15, 0.2) is 0 Å². The van der Waals surface area contributed by atoms with Gasteiger partial charge < -0.3 is 28.9 Å². The number of imidazole rings is 1. The Morgan fingerprint density at radius 1 is 1.02 bits per heavy atom. The molecule has 4 heterocycles. The van der Waals surface area contributed by atoms with Crippen LogP contribution < -0.4 is 0 Å². The van der Waals surface area contributed by atoms with Crippen molar-refractivity contribution in [2.75, 3.05) is 33.2 Å². The maximum atomic E-state index is 14.7. The van der Waals surface area contributed by atoms with E-state index in [2.05, 4.69) is 11.6 Å². The van der Waals surface area contributed by atoms with E-state index in [0.29, 0.717) is 25.1 Å². The molecular formula is C43H48N8O5. The van der Waals surface area contributed by atoms with Crippen LogP contribution in [-0.4, -0.2) is 113 Å². The molecular weight excluding hydrogens is 709 g/mol. The van der Waals surface area contributed by atoms with E-state index < -0.39 is 12.2 Å². The quantitative estimate of drug-likeness (QED) is 0.179. The number of aromatic nitrogens is 3. The second kappa shape index (κ2) is 16.3. The van der Waals surface area contributed by atoms with Crippen LogP contribution in [0, 0.1) is 6.92 Å². The maximum absolute atomic E-state index is 14.7. The highest BCUT2D eigenvalue weighted by Crippen LogP contribution is 2.32. The number of aryl methyl sites for hydroxylation is 3. The number of benzene rings is 3. The summed E-state index contributed by atoms with van der Waals surface area (Å²) in [6.07, 6.45) is 7.31. The molecule has 0 unspecified atom stereocenters. The standard InChI is InChI=1S/C43H48N8O5/c1-5-21-49-29-40(54)50-37(25-32-14-17-34(52)18-15-32)43(56)48(28-38(50)51(49)39(53)19-16-31-10-7-6-8-11-31)26-33-12-9-13-35-36(27-46(4)41(33)35)42(55)45(3)23-24-47-22-20-44-30(47)2/h5-15,17-18,20,22,27,37-38,52H,1,16,19,21,23-26,28-29H2,2-4H3/t37-,38-/m0/s1. The number of phenolic OH excluding ortho intramolecular Hbond substituents is 1. The van der Waals surface area contributed by atoms with Crippen LogP contribution in [-0.2, 0) is 47.4 Å². The molecule has 7 rings (SSSR count). The predicted molar refractivity (Wildman–Crippen MR) is 212 cm³/mol. The number of piperazine rings is 1. The van der Waals surface area contributed by atoms with Gasteiger partial charge in [-0.05, 0) is 42.2 Å². The van der Waals surface area contributed by atoms with Gasteiger partial charge in [0.05, 0.1) is 24.2 Å². The van der Waals surface area contributed by atoms with E-state index in [1.54, 1.807) is 68.3 Å². The fourth-order valence-electron chi connectivity index (χ4n) is 8.03. The van der Waals surface area contributed by atoms with Crippen molar-refractivity contribution >= 4 is 34.5 Å². The number of hydrazine groups is 1. The molecule has 0 aliphatic carbocycles. The van der Waals surface area contributed by atoms with Gasteiger partial charge in [0.1, 0.15) is 23.8 Å². The normalized spacial score (nSPS) is 17.4. The van der Waals surface area contributed by atoms with Gasteiger partial charge in [0, 0.05) is 77.1 Å². The van der Waals surface area contributed by atoms with Gasteiger partial charge in [-0.1, -0.05) is 66.7 Å². The third-order valence-corrected chi connectivity index (χ3v) is 10.9. The maximum Gasteiger partial charge on any atom is 0.255 e. The van der Waals surface area contributed by atoms with E-state index in [1.165, 1.54) is 0 Å². The number of nitrogens with zero attached hydrogens (tertiary/aromatic N) is 8. The number of fused-ring (bicyclic) bond motifs is 2. The zero-order valence-electron chi connectivity index (χ0n) is 32.1. The van der Waals surface area contributed by atoms with Crippen LogP contribution in [0.4, 0.5) is 0 Å². The Bertz CT molecular complexity index is 2250. The Morgan fingerprint density at radius 3 is 2.50 bits per heavy atom. The van der Waals surface area contributed by atoms with Crippen molar-refractivity contribution in [1.82, 2.24) is 38.8 Å². The van der Waals surface area contributed by atoms with Crippen molar-refractivity contribution in [1.29, 1.82) is 0 Å². The number of likely N-dealkylation sites (N-methyl/N-ethyl adjacent to an activating group) is 1. The summed E-state index contributed by atoms with van der Waals surface area (Å²) in [6.45, 7) is 7.42. The van der Waals surface area contributed by atoms with Crippen molar-refractivity contribution in [2.45, 2.75) is 51.5 Å². The second-order valence-electron chi connectivity index (χ2n) is 14.6. The van der Waals surface area contributed by atoms with E-state index in [9.17, 15) is 24.3 Å². The third kappa shape index (κ3) is 7.67. The van der Waals surface area contributed by atoms with Crippen LogP contribution in [0.25, 0.3) is 10.9 Å². The van der Waals surface area contributed by atoms with Crippen LogP contribution in [0.5, 0.6) is 5.75 Å². The molecule has 2 atom stereocenters. The van der Waals surface area contributed by atoms with Gasteiger partial charge in [0.25, 0.3) is 5.91 Å². The van der Waals surface area contributed by atoms with Crippen LogP contribution in [0.3, 0.4) is 0 Å². The largest absolute Gasteiger partial charge is 0.508 e. The van der Waals surface area contributed by atoms with Crippen molar-refractivity contribution in [2.24, 2.45) is 7.05 Å². The lowest BCUT2D eigenvalue weighted by atomic mass is 9.97. The fraction of sp³-hybridized carbons (Fsp3) is 0.326. The highest BCUT2D eigenvalue weighted by Gasteiger charge is 2.51. The molecule has 290 valence electrons. The van der Waals surface area contributed by atoms with E-state index in [0.717, 1.165) is 33.4 Å². The summed E-state index contributed by atoms with van der Waals surface area (Å²) >= 11 is 0. The van der Waals surface area contributed by atoms with Crippen molar-refractivity contribution in [3.8, 4) is 5.75 Å². The molecule has 0 saturated carbocycles. The lowest BCUT2D eigenvalue weighted by Gasteiger charge is -2.55. The monoisotopic (exact) mass is 756 g/mol. The number of carbonyl (C=O) groups excluding carboxylic acids is 4. The highest BCUT2D eigenvalue weighted by molar-refractivity contribution is 6.07. The number of aromatic hydroxyl groups is 1. The summed E-state index contributed by atoms with van der Waals surface area (Å²) < 4.78 is 3.93. The molecule has 2 aliphatic heterocycles. The van der Waals surface area contributed by atoms with Crippen molar-refractivity contribution in [3.05, 3.63) is 132 Å². The average molecular weight is 757 g/mol. The predicted octanol–water partition coefficient (Wildman–Crippen LogP) is 4.15. The first-order chi connectivity index (χ1) is 27.0. The van der Waals surface area contributed by atoms with Crippen LogP contribution in [0.1, 0.15) is 39.3 Å². The van der Waals surface area contributed by atoms with Gasteiger partial charge in [-0.2, -0.15) is 0 Å². The number of para-hydroxylation sites is 1. The smallest absolute Gasteiger partial charge is 0.255 e. The van der Waals surface area contributed by atoms with E-state index >= 15 is 0 Å². The number of phenols is 1.